The molecule has 0 amide bonds. The average molecular weight is 292 g/mol. The maximum absolute atomic E-state index is 9.44. The van der Waals surface area contributed by atoms with Crippen LogP contribution in [0.3, 0.4) is 0 Å². The van der Waals surface area contributed by atoms with Crippen LogP contribution in [-0.4, -0.2) is 11.7 Å². The minimum absolute atomic E-state index is 0.199. The van der Waals surface area contributed by atoms with Gasteiger partial charge in [0.15, 0.2) is 0 Å². The van der Waals surface area contributed by atoms with Gasteiger partial charge in [0.2, 0.25) is 0 Å². The van der Waals surface area contributed by atoms with Gasteiger partial charge in [-0.15, -0.1) is 6.58 Å². The van der Waals surface area contributed by atoms with Gasteiger partial charge in [-0.25, -0.2) is 0 Å². The smallest absolute Gasteiger partial charge is 0.0436 e. The summed E-state index contributed by atoms with van der Waals surface area (Å²) in [5.41, 5.74) is 2.49. The van der Waals surface area contributed by atoms with Crippen LogP contribution in [0, 0.1) is 5.92 Å². The minimum Gasteiger partial charge on any atom is -0.396 e. The molecular formula is C21H24O. The lowest BCUT2D eigenvalue weighted by Crippen LogP contribution is -2.12. The van der Waals surface area contributed by atoms with Crippen LogP contribution in [0.25, 0.3) is 6.08 Å². The zero-order valence-corrected chi connectivity index (χ0v) is 12.9. The average Bonchev–Trinajstić information content (AvgIpc) is 2.58. The van der Waals surface area contributed by atoms with Crippen LogP contribution in [0.4, 0.5) is 0 Å². The van der Waals surface area contributed by atoms with Gasteiger partial charge >= 0.3 is 0 Å². The number of allylic oxidation sites excluding steroid dienone is 2. The van der Waals surface area contributed by atoms with E-state index in [1.807, 2.05) is 30.3 Å². The van der Waals surface area contributed by atoms with Crippen LogP contribution >= 0.6 is 0 Å². The molecule has 1 heteroatoms. The van der Waals surface area contributed by atoms with Crippen LogP contribution < -0.4 is 0 Å². The lowest BCUT2D eigenvalue weighted by Gasteiger charge is -2.24. The van der Waals surface area contributed by atoms with E-state index in [4.69, 9.17) is 0 Å². The molecule has 0 saturated carbocycles. The molecule has 22 heavy (non-hydrogen) atoms. The highest BCUT2D eigenvalue weighted by molar-refractivity contribution is 5.49. The molecule has 0 heterocycles. The summed E-state index contributed by atoms with van der Waals surface area (Å²) in [4.78, 5) is 0. The second-order valence-corrected chi connectivity index (χ2v) is 5.49. The maximum atomic E-state index is 9.44. The first-order valence-electron chi connectivity index (χ1n) is 7.85. The molecule has 114 valence electrons. The predicted molar refractivity (Wildman–Crippen MR) is 94.7 cm³/mol. The van der Waals surface area contributed by atoms with Gasteiger partial charge < -0.3 is 5.11 Å². The molecule has 1 N–H and O–H groups in total. The van der Waals surface area contributed by atoms with Gasteiger partial charge in [-0.2, -0.15) is 0 Å². The first-order chi connectivity index (χ1) is 10.8. The Bertz CT molecular complexity index is 571. The van der Waals surface area contributed by atoms with Crippen molar-refractivity contribution < 1.29 is 5.11 Å². The van der Waals surface area contributed by atoms with Gasteiger partial charge in [0.05, 0.1) is 0 Å². The zero-order chi connectivity index (χ0) is 15.6. The van der Waals surface area contributed by atoms with Gasteiger partial charge in [-0.3, -0.25) is 0 Å². The van der Waals surface area contributed by atoms with Crippen molar-refractivity contribution in [3.63, 3.8) is 0 Å². The molecule has 0 radical (unpaired) electrons. The summed E-state index contributed by atoms with van der Waals surface area (Å²) in [6.45, 7) is 4.10. The molecule has 2 atom stereocenters. The number of benzene rings is 2. The third-order valence-electron chi connectivity index (χ3n) is 3.96. The standard InChI is InChI=1S/C21H24O/c1-2-9-21(19-12-7-4-8-13-19)20(16-17-22)15-14-18-10-5-3-6-11-18/h2-8,10-15,20-22H,1,9,16-17H2/b15-14+/t20-,21-/m1/s1. The SMILES string of the molecule is C=CC[C@H](c1ccccc1)[C@H](/C=C/c1ccccc1)CCO. The first-order valence-corrected chi connectivity index (χ1v) is 7.85. The van der Waals surface area contributed by atoms with Crippen LogP contribution in [0.2, 0.25) is 0 Å². The molecule has 1 nitrogen and oxygen atoms in total. The molecule has 2 aromatic carbocycles. The molecule has 0 aliphatic rings. The Morgan fingerprint density at radius 3 is 2.18 bits per heavy atom. The molecule has 0 saturated heterocycles. The molecule has 0 bridgehead atoms. The summed E-state index contributed by atoms with van der Waals surface area (Å²) in [7, 11) is 0. The van der Waals surface area contributed by atoms with Crippen molar-refractivity contribution >= 4 is 6.08 Å². The van der Waals surface area contributed by atoms with Gasteiger partial charge in [0.1, 0.15) is 0 Å². The Hall–Kier alpha value is -2.12. The molecule has 0 aliphatic heterocycles. The zero-order valence-electron chi connectivity index (χ0n) is 12.9. The highest BCUT2D eigenvalue weighted by Gasteiger charge is 2.19. The van der Waals surface area contributed by atoms with Crippen molar-refractivity contribution in [1.29, 1.82) is 0 Å². The summed E-state index contributed by atoms with van der Waals surface area (Å²) in [6.07, 6.45) is 8.02. The normalized spacial score (nSPS) is 13.9. The Labute approximate surface area is 133 Å². The van der Waals surface area contributed by atoms with E-state index in [9.17, 15) is 5.11 Å². The Morgan fingerprint density at radius 1 is 0.955 bits per heavy atom. The van der Waals surface area contributed by atoms with Gasteiger partial charge in [-0.1, -0.05) is 78.9 Å². The highest BCUT2D eigenvalue weighted by Crippen LogP contribution is 2.32. The molecule has 0 spiro atoms. The molecule has 0 unspecified atom stereocenters. The maximum Gasteiger partial charge on any atom is 0.0436 e. The molecule has 0 fully saturated rings. The molecule has 0 aromatic heterocycles. The first kappa shape index (κ1) is 16.3. The Balaban J connectivity index is 2.23. The predicted octanol–water partition coefficient (Wildman–Crippen LogP) is 5.06. The topological polar surface area (TPSA) is 20.2 Å². The van der Waals surface area contributed by atoms with Crippen LogP contribution in [0.1, 0.15) is 29.9 Å². The fraction of sp³-hybridized carbons (Fsp3) is 0.238. The number of aliphatic hydroxyl groups excluding tert-OH is 1. The van der Waals surface area contributed by atoms with Crippen LogP contribution in [0.15, 0.2) is 79.4 Å². The number of hydrogen-bond acceptors (Lipinski definition) is 1. The van der Waals surface area contributed by atoms with E-state index in [0.717, 1.165) is 12.8 Å². The van der Waals surface area contributed by atoms with E-state index in [1.165, 1.54) is 11.1 Å². The van der Waals surface area contributed by atoms with Crippen molar-refractivity contribution in [2.45, 2.75) is 18.8 Å². The van der Waals surface area contributed by atoms with Crippen LogP contribution in [0.5, 0.6) is 0 Å². The van der Waals surface area contributed by atoms with E-state index in [-0.39, 0.29) is 6.61 Å². The molecular weight excluding hydrogens is 268 g/mol. The Kier molecular flexibility index (Phi) is 6.66. The van der Waals surface area contributed by atoms with E-state index in [2.05, 4.69) is 55.1 Å². The second kappa shape index (κ2) is 9.01. The highest BCUT2D eigenvalue weighted by atomic mass is 16.3. The number of aliphatic hydroxyl groups is 1. The van der Waals surface area contributed by atoms with Crippen molar-refractivity contribution in [2.75, 3.05) is 6.61 Å². The van der Waals surface area contributed by atoms with E-state index in [1.54, 1.807) is 0 Å². The van der Waals surface area contributed by atoms with Crippen molar-refractivity contribution in [1.82, 2.24) is 0 Å². The van der Waals surface area contributed by atoms with E-state index >= 15 is 0 Å². The minimum atomic E-state index is 0.199. The summed E-state index contributed by atoms with van der Waals surface area (Å²) < 4.78 is 0. The van der Waals surface area contributed by atoms with Gasteiger partial charge in [0.25, 0.3) is 0 Å². The fourth-order valence-corrected chi connectivity index (χ4v) is 2.82. The third kappa shape index (κ3) is 4.71. The monoisotopic (exact) mass is 292 g/mol. The number of rotatable bonds is 8. The second-order valence-electron chi connectivity index (χ2n) is 5.49. The van der Waals surface area contributed by atoms with Crippen molar-refractivity contribution in [3.05, 3.63) is 90.5 Å². The van der Waals surface area contributed by atoms with Crippen molar-refractivity contribution in [2.24, 2.45) is 5.92 Å². The quantitative estimate of drug-likeness (QED) is 0.674. The van der Waals surface area contributed by atoms with E-state index < -0.39 is 0 Å². The molecule has 2 rings (SSSR count). The summed E-state index contributed by atoms with van der Waals surface area (Å²) in [5, 5.41) is 9.44. The third-order valence-corrected chi connectivity index (χ3v) is 3.96. The summed E-state index contributed by atoms with van der Waals surface area (Å²) in [5.74, 6) is 0.649. The largest absolute Gasteiger partial charge is 0.396 e. The lowest BCUT2D eigenvalue weighted by molar-refractivity contribution is 0.260. The lowest BCUT2D eigenvalue weighted by atomic mass is 9.81. The van der Waals surface area contributed by atoms with Crippen molar-refractivity contribution in [3.8, 4) is 0 Å². The Morgan fingerprint density at radius 2 is 1.59 bits per heavy atom. The molecule has 2 aromatic rings. The van der Waals surface area contributed by atoms with E-state index in [0.29, 0.717) is 11.8 Å². The molecule has 0 aliphatic carbocycles. The van der Waals surface area contributed by atoms with Crippen LogP contribution in [-0.2, 0) is 0 Å². The van der Waals surface area contributed by atoms with Gasteiger partial charge in [-0.05, 0) is 35.8 Å². The van der Waals surface area contributed by atoms with Gasteiger partial charge in [0, 0.05) is 6.61 Å². The summed E-state index contributed by atoms with van der Waals surface area (Å²) in [6, 6.07) is 20.8. The summed E-state index contributed by atoms with van der Waals surface area (Å²) >= 11 is 0. The number of hydrogen-bond donors (Lipinski definition) is 1. The fourth-order valence-electron chi connectivity index (χ4n) is 2.82.